The third kappa shape index (κ3) is 3.46. The first-order valence-electron chi connectivity index (χ1n) is 8.00. The summed E-state index contributed by atoms with van der Waals surface area (Å²) in [5.41, 5.74) is 3.35. The number of hydrogen-bond donors (Lipinski definition) is 2. The molecule has 0 amide bonds. The smallest absolute Gasteiger partial charge is 0.236 e. The molecule has 2 aromatic heterocycles. The number of aromatic nitrogens is 4. The molecule has 0 bridgehead atoms. The minimum absolute atomic E-state index is 0.278. The van der Waals surface area contributed by atoms with Gasteiger partial charge in [0.2, 0.25) is 10.1 Å². The lowest BCUT2D eigenvalue weighted by Crippen LogP contribution is -2.00. The van der Waals surface area contributed by atoms with Gasteiger partial charge in [-0.15, -0.1) is 15.3 Å². The van der Waals surface area contributed by atoms with Gasteiger partial charge in [0.15, 0.2) is 5.82 Å². The van der Waals surface area contributed by atoms with Crippen LogP contribution in [-0.2, 0) is 12.8 Å². The number of benzene rings is 2. The Morgan fingerprint density at radius 2 is 1.92 bits per heavy atom. The quantitative estimate of drug-likeness (QED) is 0.573. The van der Waals surface area contributed by atoms with E-state index in [2.05, 4.69) is 39.7 Å². The van der Waals surface area contributed by atoms with E-state index in [-0.39, 0.29) is 5.75 Å². The minimum atomic E-state index is 0.278. The topological polar surface area (TPSA) is 75.3 Å². The molecule has 4 rings (SSSR count). The summed E-state index contributed by atoms with van der Waals surface area (Å²) in [6.07, 6.45) is 1.55. The Hall–Kier alpha value is -2.93. The van der Waals surface area contributed by atoms with Crippen LogP contribution in [0.4, 0.5) is 10.8 Å². The monoisotopic (exact) mass is 351 g/mol. The summed E-state index contributed by atoms with van der Waals surface area (Å²) in [6, 6.07) is 15.4. The van der Waals surface area contributed by atoms with Gasteiger partial charge in [0.1, 0.15) is 5.75 Å². The highest BCUT2D eigenvalue weighted by Gasteiger charge is 2.12. The molecule has 2 heterocycles. The summed E-state index contributed by atoms with van der Waals surface area (Å²) in [5.74, 6) is 1.11. The van der Waals surface area contributed by atoms with E-state index < -0.39 is 0 Å². The molecule has 0 unspecified atom stereocenters. The number of anilines is 2. The average Bonchev–Trinajstić information content (AvgIpc) is 3.15. The van der Waals surface area contributed by atoms with Crippen molar-refractivity contribution in [3.8, 4) is 5.75 Å². The van der Waals surface area contributed by atoms with Crippen molar-refractivity contribution in [1.29, 1.82) is 0 Å². The lowest BCUT2D eigenvalue weighted by molar-refractivity contribution is 0.475. The van der Waals surface area contributed by atoms with E-state index in [4.69, 9.17) is 0 Å². The van der Waals surface area contributed by atoms with Crippen molar-refractivity contribution in [1.82, 2.24) is 19.8 Å². The third-order valence-corrected chi connectivity index (χ3v) is 4.71. The van der Waals surface area contributed by atoms with Crippen LogP contribution in [0.5, 0.6) is 5.75 Å². The summed E-state index contributed by atoms with van der Waals surface area (Å²) in [6.45, 7) is 2.06. The van der Waals surface area contributed by atoms with Crippen molar-refractivity contribution in [2.45, 2.75) is 19.8 Å². The maximum Gasteiger partial charge on any atom is 0.236 e. The highest BCUT2D eigenvalue weighted by Crippen LogP contribution is 2.23. The van der Waals surface area contributed by atoms with Crippen molar-refractivity contribution in [3.05, 3.63) is 65.5 Å². The van der Waals surface area contributed by atoms with Gasteiger partial charge < -0.3 is 10.4 Å². The standard InChI is InChI=1S/C18H17N5OS/c1-12-3-2-4-14(11-12)19-17-22-23-16(20-21-18(23)25-17)10-7-13-5-8-15(24)9-6-13/h2-6,8-9,11,24H,7,10H2,1H3,(H,19,22). The van der Waals surface area contributed by atoms with Gasteiger partial charge in [0, 0.05) is 12.1 Å². The average molecular weight is 351 g/mol. The Labute approximate surface area is 148 Å². The van der Waals surface area contributed by atoms with Crippen molar-refractivity contribution in [2.24, 2.45) is 0 Å². The highest BCUT2D eigenvalue weighted by molar-refractivity contribution is 7.20. The fourth-order valence-corrected chi connectivity index (χ4v) is 3.41. The van der Waals surface area contributed by atoms with E-state index in [0.717, 1.165) is 40.0 Å². The fourth-order valence-electron chi connectivity index (χ4n) is 2.63. The molecule has 6 nitrogen and oxygen atoms in total. The molecule has 0 spiro atoms. The van der Waals surface area contributed by atoms with Crippen LogP contribution in [-0.4, -0.2) is 24.9 Å². The molecule has 0 aliphatic carbocycles. The van der Waals surface area contributed by atoms with Crippen LogP contribution < -0.4 is 5.32 Å². The van der Waals surface area contributed by atoms with Gasteiger partial charge >= 0.3 is 0 Å². The molecule has 7 heteroatoms. The Morgan fingerprint density at radius 1 is 1.08 bits per heavy atom. The molecule has 0 fully saturated rings. The fraction of sp³-hybridized carbons (Fsp3) is 0.167. The molecule has 126 valence electrons. The van der Waals surface area contributed by atoms with Crippen LogP contribution in [0, 0.1) is 6.92 Å². The maximum atomic E-state index is 9.35. The molecule has 0 atom stereocenters. The zero-order valence-corrected chi connectivity index (χ0v) is 14.5. The second-order valence-electron chi connectivity index (χ2n) is 5.88. The number of phenolic OH excluding ortho intramolecular Hbond substituents is 1. The Kier molecular flexibility index (Phi) is 4.07. The Balaban J connectivity index is 1.51. The van der Waals surface area contributed by atoms with Gasteiger partial charge in [-0.1, -0.05) is 35.6 Å². The van der Waals surface area contributed by atoms with Gasteiger partial charge in [0.25, 0.3) is 0 Å². The molecule has 0 saturated carbocycles. The van der Waals surface area contributed by atoms with Gasteiger partial charge in [-0.05, 0) is 48.7 Å². The van der Waals surface area contributed by atoms with Crippen molar-refractivity contribution in [2.75, 3.05) is 5.32 Å². The number of rotatable bonds is 5. The molecule has 4 aromatic rings. The SMILES string of the molecule is Cc1cccc(Nc2nn3c(CCc4ccc(O)cc4)nnc3s2)c1. The summed E-state index contributed by atoms with van der Waals surface area (Å²) in [4.78, 5) is 0.774. The number of aryl methyl sites for hydroxylation is 3. The molecule has 2 aromatic carbocycles. The van der Waals surface area contributed by atoms with E-state index in [1.165, 1.54) is 16.9 Å². The number of hydrogen-bond acceptors (Lipinski definition) is 6. The molecule has 0 aliphatic heterocycles. The Bertz CT molecular complexity index is 1010. The van der Waals surface area contributed by atoms with Crippen LogP contribution in [0.2, 0.25) is 0 Å². The summed E-state index contributed by atoms with van der Waals surface area (Å²) < 4.78 is 1.79. The molecule has 0 aliphatic rings. The van der Waals surface area contributed by atoms with Gasteiger partial charge in [-0.3, -0.25) is 0 Å². The summed E-state index contributed by atoms with van der Waals surface area (Å²) >= 11 is 1.48. The van der Waals surface area contributed by atoms with E-state index in [0.29, 0.717) is 0 Å². The van der Waals surface area contributed by atoms with Gasteiger partial charge in [0.05, 0.1) is 0 Å². The molecule has 25 heavy (non-hydrogen) atoms. The maximum absolute atomic E-state index is 9.35. The molecular formula is C18H17N5OS. The zero-order valence-electron chi connectivity index (χ0n) is 13.7. The van der Waals surface area contributed by atoms with Crippen LogP contribution in [0.1, 0.15) is 17.0 Å². The lowest BCUT2D eigenvalue weighted by Gasteiger charge is -2.02. The first kappa shape index (κ1) is 15.6. The minimum Gasteiger partial charge on any atom is -0.508 e. The zero-order chi connectivity index (χ0) is 17.2. The molecule has 2 N–H and O–H groups in total. The first-order valence-corrected chi connectivity index (χ1v) is 8.82. The van der Waals surface area contributed by atoms with Crippen molar-refractivity contribution in [3.63, 3.8) is 0 Å². The van der Waals surface area contributed by atoms with Crippen LogP contribution in [0.25, 0.3) is 4.96 Å². The number of nitrogens with zero attached hydrogens (tertiary/aromatic N) is 4. The number of aromatic hydroxyl groups is 1. The van der Waals surface area contributed by atoms with Crippen LogP contribution in [0.15, 0.2) is 48.5 Å². The molecule has 0 radical (unpaired) electrons. The molecule has 0 saturated heterocycles. The predicted octanol–water partition coefficient (Wildman–Crippen LogP) is 3.73. The van der Waals surface area contributed by atoms with E-state index in [9.17, 15) is 5.11 Å². The van der Waals surface area contributed by atoms with Crippen molar-refractivity contribution < 1.29 is 5.11 Å². The Morgan fingerprint density at radius 3 is 2.72 bits per heavy atom. The van der Waals surface area contributed by atoms with E-state index >= 15 is 0 Å². The number of phenols is 1. The first-order chi connectivity index (χ1) is 12.2. The van der Waals surface area contributed by atoms with E-state index in [1.54, 1.807) is 16.6 Å². The largest absolute Gasteiger partial charge is 0.508 e. The second kappa shape index (κ2) is 6.52. The van der Waals surface area contributed by atoms with E-state index in [1.807, 2.05) is 24.3 Å². The van der Waals surface area contributed by atoms with Crippen molar-refractivity contribution >= 4 is 27.1 Å². The van der Waals surface area contributed by atoms with Gasteiger partial charge in [-0.2, -0.15) is 4.52 Å². The van der Waals surface area contributed by atoms with Crippen LogP contribution >= 0.6 is 11.3 Å². The third-order valence-electron chi connectivity index (χ3n) is 3.90. The summed E-state index contributed by atoms with van der Waals surface area (Å²) in [5, 5.41) is 26.5. The van der Waals surface area contributed by atoms with Gasteiger partial charge in [-0.25, -0.2) is 0 Å². The second-order valence-corrected chi connectivity index (χ2v) is 6.83. The lowest BCUT2D eigenvalue weighted by atomic mass is 10.1. The predicted molar refractivity (Wildman–Crippen MR) is 98.6 cm³/mol. The highest BCUT2D eigenvalue weighted by atomic mass is 32.1. The number of fused-ring (bicyclic) bond motifs is 1. The number of nitrogens with one attached hydrogen (secondary N) is 1. The van der Waals surface area contributed by atoms with Crippen LogP contribution in [0.3, 0.4) is 0 Å². The normalized spacial score (nSPS) is 11.1. The molecular weight excluding hydrogens is 334 g/mol. The summed E-state index contributed by atoms with van der Waals surface area (Å²) in [7, 11) is 0.